The van der Waals surface area contributed by atoms with E-state index in [1.54, 1.807) is 0 Å². The Hall–Kier alpha value is -4.50. The summed E-state index contributed by atoms with van der Waals surface area (Å²) >= 11 is 0. The normalized spacial score (nSPS) is 13.6. The molecule has 312 valence electrons. The maximum absolute atomic E-state index is 12.7. The minimum atomic E-state index is -1.40. The third kappa shape index (κ3) is 36.5. The van der Waals surface area contributed by atoms with Crippen molar-refractivity contribution < 1.29 is 34.1 Å². The minimum Gasteiger partial charge on any atom is -0.480 e. The Morgan fingerprint density at radius 3 is 1.52 bits per heavy atom. The predicted molar refractivity (Wildman–Crippen MR) is 231 cm³/mol. The summed E-state index contributed by atoms with van der Waals surface area (Å²) in [5.41, 5.74) is 0. The van der Waals surface area contributed by atoms with Crippen LogP contribution in [0.25, 0.3) is 0 Å². The SMILES string of the molecule is CC/C=C\C/C=C\C/C=C\C/C=C\C/C=C\CCCC(=O)OC(/C=C\C/C=C\C/C=C\C/C=C\CC)CCCCCCCC(=O)NCC(=O)NC(CO)C(=O)O. The second-order valence-electron chi connectivity index (χ2n) is 13.3. The number of carbonyl (C=O) groups is 4. The molecule has 0 radical (unpaired) electrons. The van der Waals surface area contributed by atoms with Gasteiger partial charge in [-0.15, -0.1) is 0 Å². The fourth-order valence-corrected chi connectivity index (χ4v) is 5.13. The number of esters is 1. The van der Waals surface area contributed by atoms with E-state index >= 15 is 0 Å². The number of rotatable bonds is 35. The van der Waals surface area contributed by atoms with E-state index < -0.39 is 24.5 Å². The Morgan fingerprint density at radius 2 is 1.02 bits per heavy atom. The molecule has 4 N–H and O–H groups in total. The topological polar surface area (TPSA) is 142 Å². The number of unbranched alkanes of at least 4 members (excludes halogenated alkanes) is 5. The molecule has 0 spiro atoms. The summed E-state index contributed by atoms with van der Waals surface area (Å²) in [5.74, 6) is -2.49. The highest BCUT2D eigenvalue weighted by Gasteiger charge is 2.18. The number of carboxylic acid groups (broad SMARTS) is 1. The molecular weight excluding hydrogens is 705 g/mol. The molecule has 0 saturated carbocycles. The van der Waals surface area contributed by atoms with Gasteiger partial charge in [0.25, 0.3) is 0 Å². The lowest BCUT2D eigenvalue weighted by Gasteiger charge is -2.14. The van der Waals surface area contributed by atoms with Gasteiger partial charge in [0.05, 0.1) is 13.2 Å². The molecule has 2 amide bonds. The number of carbonyl (C=O) groups excluding carboxylic acids is 3. The molecule has 0 rings (SSSR count). The van der Waals surface area contributed by atoms with Crippen LogP contribution >= 0.6 is 0 Å². The van der Waals surface area contributed by atoms with Crippen molar-refractivity contribution in [2.75, 3.05) is 13.2 Å². The first-order chi connectivity index (χ1) is 27.3. The maximum Gasteiger partial charge on any atom is 0.328 e. The molecule has 0 aliphatic carbocycles. The Balaban J connectivity index is 4.55. The summed E-state index contributed by atoms with van der Waals surface area (Å²) in [7, 11) is 0. The lowest BCUT2D eigenvalue weighted by atomic mass is 10.1. The number of nitrogens with one attached hydrogen (secondary N) is 2. The molecule has 0 aromatic heterocycles. The van der Waals surface area contributed by atoms with Crippen LogP contribution in [-0.2, 0) is 23.9 Å². The van der Waals surface area contributed by atoms with E-state index in [2.05, 4.69) is 128 Å². The number of ether oxygens (including phenoxy) is 1. The van der Waals surface area contributed by atoms with Gasteiger partial charge in [-0.3, -0.25) is 14.4 Å². The van der Waals surface area contributed by atoms with Crippen molar-refractivity contribution in [3.05, 3.63) is 109 Å². The fraction of sp³-hybridized carbons (Fsp3) is 0.532. The average molecular weight is 777 g/mol. The predicted octanol–water partition coefficient (Wildman–Crippen LogP) is 10.0. The largest absolute Gasteiger partial charge is 0.480 e. The molecule has 0 fully saturated rings. The monoisotopic (exact) mass is 777 g/mol. The first-order valence-corrected chi connectivity index (χ1v) is 20.8. The molecule has 0 aromatic carbocycles. The smallest absolute Gasteiger partial charge is 0.328 e. The number of aliphatic hydroxyl groups is 1. The highest BCUT2D eigenvalue weighted by molar-refractivity contribution is 5.87. The van der Waals surface area contributed by atoms with Crippen LogP contribution in [0.5, 0.6) is 0 Å². The Bertz CT molecular complexity index is 1300. The van der Waals surface area contributed by atoms with Crippen LogP contribution in [0.3, 0.4) is 0 Å². The van der Waals surface area contributed by atoms with Crippen LogP contribution in [0.4, 0.5) is 0 Å². The molecule has 9 nitrogen and oxygen atoms in total. The van der Waals surface area contributed by atoms with Crippen LogP contribution in [0.2, 0.25) is 0 Å². The zero-order chi connectivity index (χ0) is 41.2. The van der Waals surface area contributed by atoms with Crippen molar-refractivity contribution in [3.63, 3.8) is 0 Å². The van der Waals surface area contributed by atoms with Crippen molar-refractivity contribution in [1.82, 2.24) is 10.6 Å². The minimum absolute atomic E-state index is 0.181. The van der Waals surface area contributed by atoms with Gasteiger partial charge >= 0.3 is 11.9 Å². The van der Waals surface area contributed by atoms with Gasteiger partial charge in [-0.1, -0.05) is 136 Å². The Labute approximate surface area is 338 Å². The molecule has 56 heavy (non-hydrogen) atoms. The van der Waals surface area contributed by atoms with E-state index in [1.807, 2.05) is 6.08 Å². The molecular formula is C47H72N2O7. The van der Waals surface area contributed by atoms with Crippen LogP contribution < -0.4 is 10.6 Å². The van der Waals surface area contributed by atoms with Gasteiger partial charge in [-0.2, -0.15) is 0 Å². The van der Waals surface area contributed by atoms with Gasteiger partial charge < -0.3 is 25.6 Å². The maximum atomic E-state index is 12.7. The van der Waals surface area contributed by atoms with Gasteiger partial charge in [0.2, 0.25) is 11.8 Å². The fourth-order valence-electron chi connectivity index (χ4n) is 5.13. The van der Waals surface area contributed by atoms with Gasteiger partial charge in [0.15, 0.2) is 0 Å². The molecule has 0 aliphatic heterocycles. The van der Waals surface area contributed by atoms with Crippen molar-refractivity contribution in [1.29, 1.82) is 0 Å². The number of aliphatic hydroxyl groups excluding tert-OH is 1. The van der Waals surface area contributed by atoms with Crippen LogP contribution in [0.1, 0.15) is 136 Å². The molecule has 2 unspecified atom stereocenters. The molecule has 0 heterocycles. The number of allylic oxidation sites excluding steroid dienone is 17. The summed E-state index contributed by atoms with van der Waals surface area (Å²) in [6.45, 7) is 3.20. The first-order valence-electron chi connectivity index (χ1n) is 20.8. The summed E-state index contributed by atoms with van der Waals surface area (Å²) in [4.78, 5) is 47.5. The van der Waals surface area contributed by atoms with Crippen LogP contribution in [0.15, 0.2) is 109 Å². The summed E-state index contributed by atoms with van der Waals surface area (Å²) in [5, 5.41) is 22.5. The van der Waals surface area contributed by atoms with Crippen molar-refractivity contribution in [2.45, 2.75) is 148 Å². The van der Waals surface area contributed by atoms with Gasteiger partial charge in [-0.25, -0.2) is 4.79 Å². The number of carboxylic acids is 1. The Morgan fingerprint density at radius 1 is 0.554 bits per heavy atom. The highest BCUT2D eigenvalue weighted by atomic mass is 16.5. The van der Waals surface area contributed by atoms with Crippen molar-refractivity contribution in [2.24, 2.45) is 0 Å². The quantitative estimate of drug-likeness (QED) is 0.0285. The van der Waals surface area contributed by atoms with E-state index in [0.717, 1.165) is 103 Å². The van der Waals surface area contributed by atoms with E-state index in [9.17, 15) is 19.2 Å². The zero-order valence-electron chi connectivity index (χ0n) is 34.3. The van der Waals surface area contributed by atoms with Crippen LogP contribution in [-0.4, -0.2) is 59.3 Å². The third-order valence-electron chi connectivity index (χ3n) is 8.25. The summed E-state index contributed by atoms with van der Waals surface area (Å²) in [6.07, 6.45) is 54.2. The third-order valence-corrected chi connectivity index (χ3v) is 8.25. The van der Waals surface area contributed by atoms with E-state index in [-0.39, 0.29) is 30.9 Å². The second kappa shape index (κ2) is 40.2. The molecule has 0 aliphatic rings. The van der Waals surface area contributed by atoms with E-state index in [0.29, 0.717) is 12.8 Å². The lowest BCUT2D eigenvalue weighted by Crippen LogP contribution is -2.47. The van der Waals surface area contributed by atoms with Crippen molar-refractivity contribution >= 4 is 23.8 Å². The van der Waals surface area contributed by atoms with Gasteiger partial charge in [-0.05, 0) is 96.0 Å². The van der Waals surface area contributed by atoms with Crippen LogP contribution in [0, 0.1) is 0 Å². The van der Waals surface area contributed by atoms with E-state index in [4.69, 9.17) is 14.9 Å². The van der Waals surface area contributed by atoms with Gasteiger partial charge in [0, 0.05) is 12.8 Å². The molecule has 0 saturated heterocycles. The number of hydrogen-bond acceptors (Lipinski definition) is 6. The molecule has 2 atom stereocenters. The highest BCUT2D eigenvalue weighted by Crippen LogP contribution is 2.14. The zero-order valence-corrected chi connectivity index (χ0v) is 34.3. The summed E-state index contributed by atoms with van der Waals surface area (Å²) in [6, 6.07) is -1.40. The number of amides is 2. The second-order valence-corrected chi connectivity index (χ2v) is 13.3. The molecule has 9 heteroatoms. The Kier molecular flexibility index (Phi) is 36.9. The van der Waals surface area contributed by atoms with Gasteiger partial charge in [0.1, 0.15) is 12.1 Å². The lowest BCUT2D eigenvalue weighted by molar-refractivity contribution is -0.147. The molecule has 0 bridgehead atoms. The molecule has 0 aromatic rings. The van der Waals surface area contributed by atoms with Crippen molar-refractivity contribution in [3.8, 4) is 0 Å². The number of hydrogen-bond donors (Lipinski definition) is 4. The average Bonchev–Trinajstić information content (AvgIpc) is 3.18. The first kappa shape index (κ1) is 51.5. The summed E-state index contributed by atoms with van der Waals surface area (Å²) < 4.78 is 5.87. The standard InChI is InChI=1S/C47H72N2O7/c1-3-5-7-9-11-13-15-16-17-18-19-20-22-24-26-31-35-39-46(53)56-42(36-32-28-25-23-21-14-12-10-8-6-4-2)37-33-29-27-30-34-38-44(51)48-40-45(52)49-43(41-50)47(54)55/h5-8,11-14,16-17,19-20,23-26,32,36,42-43,50H,3-4,9-10,15,18,21-22,27-31,33-35,37-41H2,1-2H3,(H,48,51)(H,49,52)(H,54,55)/b7-5-,8-6-,13-11-,14-12-,17-16-,20-19-,25-23-,26-24-,36-32-. The number of aliphatic carboxylic acids is 1. The van der Waals surface area contributed by atoms with E-state index in [1.165, 1.54) is 0 Å².